The van der Waals surface area contributed by atoms with Gasteiger partial charge in [-0.25, -0.2) is 4.99 Å². The molecule has 2 aliphatic carbocycles. The van der Waals surface area contributed by atoms with Crippen LogP contribution in [-0.2, 0) is 23.1 Å². The zero-order chi connectivity index (χ0) is 35.9. The number of piperidine rings is 1. The molecule has 0 bridgehead atoms. The lowest BCUT2D eigenvalue weighted by atomic mass is 9.67. The highest BCUT2D eigenvalue weighted by molar-refractivity contribution is 5.99. The summed E-state index contributed by atoms with van der Waals surface area (Å²) in [6.07, 6.45) is 3.71. The van der Waals surface area contributed by atoms with Crippen LogP contribution in [0.4, 0.5) is 5.69 Å². The number of nitriles is 1. The summed E-state index contributed by atoms with van der Waals surface area (Å²) in [6, 6.07) is 22.5. The number of benzene rings is 3. The van der Waals surface area contributed by atoms with Crippen molar-refractivity contribution in [3.05, 3.63) is 106 Å². The molecule has 1 aliphatic heterocycles. The van der Waals surface area contributed by atoms with E-state index in [4.69, 9.17) is 10.7 Å². The van der Waals surface area contributed by atoms with E-state index in [1.807, 2.05) is 62.3 Å². The first kappa shape index (κ1) is 34.9. The van der Waals surface area contributed by atoms with Crippen LogP contribution in [0, 0.1) is 24.2 Å². The van der Waals surface area contributed by atoms with Crippen LogP contribution in [0.2, 0.25) is 0 Å². The first-order valence-corrected chi connectivity index (χ1v) is 17.5. The highest BCUT2D eigenvalue weighted by Crippen LogP contribution is 2.48. The molecule has 50 heavy (non-hydrogen) atoms. The van der Waals surface area contributed by atoms with Crippen LogP contribution in [0.3, 0.4) is 0 Å². The Labute approximate surface area is 296 Å². The van der Waals surface area contributed by atoms with Gasteiger partial charge >= 0.3 is 0 Å². The van der Waals surface area contributed by atoms with Gasteiger partial charge in [-0.15, -0.1) is 0 Å². The van der Waals surface area contributed by atoms with Gasteiger partial charge in [0.25, 0.3) is 5.91 Å². The molecular weight excluding hydrogens is 622 g/mol. The molecule has 1 heterocycles. The minimum atomic E-state index is -0.899. The van der Waals surface area contributed by atoms with Gasteiger partial charge in [0.05, 0.1) is 23.7 Å². The topological polar surface area (TPSA) is 118 Å². The molecule has 3 aliphatic rings. The monoisotopic (exact) mass is 671 g/mol. The molecule has 0 aromatic heterocycles. The van der Waals surface area contributed by atoms with Crippen LogP contribution in [-0.4, -0.2) is 85.2 Å². The average Bonchev–Trinajstić information content (AvgIpc) is 3.79. The number of amides is 2. The minimum absolute atomic E-state index is 0.0379. The number of hydrogen-bond acceptors (Lipinski definition) is 6. The highest BCUT2D eigenvalue weighted by Gasteiger charge is 2.54. The van der Waals surface area contributed by atoms with E-state index in [1.54, 1.807) is 23.9 Å². The number of amidine groups is 1. The molecule has 1 saturated heterocycles. The molecule has 2 amide bonds. The van der Waals surface area contributed by atoms with Gasteiger partial charge in [-0.2, -0.15) is 5.26 Å². The summed E-state index contributed by atoms with van der Waals surface area (Å²) in [7, 11) is 7.50. The van der Waals surface area contributed by atoms with Crippen molar-refractivity contribution in [2.45, 2.75) is 69.5 Å². The Hall–Kier alpha value is -4.94. The van der Waals surface area contributed by atoms with Gasteiger partial charge in [0.2, 0.25) is 5.91 Å². The van der Waals surface area contributed by atoms with Gasteiger partial charge in [0, 0.05) is 51.5 Å². The lowest BCUT2D eigenvalue weighted by molar-refractivity contribution is -0.131. The van der Waals surface area contributed by atoms with Gasteiger partial charge in [0.1, 0.15) is 11.9 Å². The second-order valence-electron chi connectivity index (χ2n) is 14.8. The second kappa shape index (κ2) is 13.8. The summed E-state index contributed by atoms with van der Waals surface area (Å²) in [4.78, 5) is 37.2. The summed E-state index contributed by atoms with van der Waals surface area (Å²) in [5, 5.41) is 13.2. The number of likely N-dealkylation sites (tertiary alicyclic amines) is 1. The van der Waals surface area contributed by atoms with Crippen molar-refractivity contribution in [1.29, 1.82) is 5.26 Å². The minimum Gasteiger partial charge on any atom is -0.386 e. The van der Waals surface area contributed by atoms with Gasteiger partial charge in [-0.05, 0) is 110 Å². The SMILES string of the molecule is C=C(c1ccc2c(c1)CCc1cc(C(=O)N(C)C)ccc1C2(C[C@H](C)NCC(=O)N1C(C#N)C[C@@H]2CC21)C(N)=Nc1ccc(C)cc1)N(C)C. The van der Waals surface area contributed by atoms with E-state index >= 15 is 0 Å². The molecule has 3 aromatic rings. The Kier molecular flexibility index (Phi) is 9.60. The van der Waals surface area contributed by atoms with E-state index in [-0.39, 0.29) is 36.5 Å². The molecule has 0 spiro atoms. The molecular formula is C41H49N7O2. The zero-order valence-corrected chi connectivity index (χ0v) is 30.2. The molecule has 3 unspecified atom stereocenters. The van der Waals surface area contributed by atoms with Gasteiger partial charge < -0.3 is 25.8 Å². The van der Waals surface area contributed by atoms with E-state index in [1.165, 1.54) is 0 Å². The molecule has 0 radical (unpaired) electrons. The number of aryl methyl sites for hydroxylation is 3. The smallest absolute Gasteiger partial charge is 0.253 e. The van der Waals surface area contributed by atoms with Crippen LogP contribution in [0.15, 0.2) is 72.2 Å². The molecule has 6 rings (SSSR count). The predicted molar refractivity (Wildman–Crippen MR) is 199 cm³/mol. The fourth-order valence-corrected chi connectivity index (χ4v) is 7.95. The third-order valence-corrected chi connectivity index (χ3v) is 10.8. The summed E-state index contributed by atoms with van der Waals surface area (Å²) >= 11 is 0. The number of nitrogens with two attached hydrogens (primary N) is 1. The van der Waals surface area contributed by atoms with Crippen LogP contribution in [0.1, 0.15) is 69.9 Å². The molecule has 9 heteroatoms. The number of rotatable bonds is 10. The van der Waals surface area contributed by atoms with Crippen molar-refractivity contribution in [1.82, 2.24) is 20.0 Å². The predicted octanol–water partition coefficient (Wildman–Crippen LogP) is 5.18. The van der Waals surface area contributed by atoms with Crippen molar-refractivity contribution in [2.75, 3.05) is 34.7 Å². The summed E-state index contributed by atoms with van der Waals surface area (Å²) < 4.78 is 0. The van der Waals surface area contributed by atoms with Crippen molar-refractivity contribution in [3.8, 4) is 6.07 Å². The Bertz CT molecular complexity index is 1820. The first-order valence-electron chi connectivity index (χ1n) is 17.5. The number of nitrogens with zero attached hydrogens (tertiary/aromatic N) is 5. The standard InChI is InChI=1S/C41H49N7O2/c1-25-8-14-33(15-9-25)45-40(43)41(22-26(2)44-24-38(49)48-34(23-42)20-32-21-37(32)48)35-16-12-28(27(3)46(4)5)18-29(35)10-11-30-19-31(13-17-36(30)41)39(50)47(6)7/h8-9,12-19,26,32,34,37,44H,3,10-11,20-22,24H2,1-2,4-7H3,(H2,43,45)/t26-,32+,34?,37?,41?/m0/s1. The van der Waals surface area contributed by atoms with Crippen LogP contribution < -0.4 is 11.1 Å². The Morgan fingerprint density at radius 3 is 2.22 bits per heavy atom. The number of carbonyl (C=O) groups excluding carboxylic acids is 2. The fourth-order valence-electron chi connectivity index (χ4n) is 7.95. The number of carbonyl (C=O) groups is 2. The number of aliphatic imine (C=N–C) groups is 1. The van der Waals surface area contributed by atoms with Gasteiger partial charge in [-0.3, -0.25) is 9.59 Å². The molecule has 9 nitrogen and oxygen atoms in total. The molecule has 3 N–H and O–H groups in total. The van der Waals surface area contributed by atoms with Crippen LogP contribution in [0.25, 0.3) is 5.70 Å². The quantitative estimate of drug-likeness (QED) is 0.227. The number of fused-ring (bicyclic) bond motifs is 3. The van der Waals surface area contributed by atoms with Crippen LogP contribution >= 0.6 is 0 Å². The van der Waals surface area contributed by atoms with E-state index in [2.05, 4.69) is 49.2 Å². The molecule has 260 valence electrons. The summed E-state index contributed by atoms with van der Waals surface area (Å²) in [6.45, 7) is 8.58. The third-order valence-electron chi connectivity index (χ3n) is 10.8. The largest absolute Gasteiger partial charge is 0.386 e. The Morgan fingerprint density at radius 1 is 1.00 bits per heavy atom. The average molecular weight is 672 g/mol. The maximum Gasteiger partial charge on any atom is 0.253 e. The second-order valence-corrected chi connectivity index (χ2v) is 14.8. The Morgan fingerprint density at radius 2 is 1.62 bits per heavy atom. The molecule has 5 atom stereocenters. The lowest BCUT2D eigenvalue weighted by Crippen LogP contribution is -2.49. The van der Waals surface area contributed by atoms with Crippen molar-refractivity contribution >= 4 is 29.0 Å². The highest BCUT2D eigenvalue weighted by atomic mass is 16.2. The lowest BCUT2D eigenvalue weighted by Gasteiger charge is -2.39. The van der Waals surface area contributed by atoms with E-state index in [9.17, 15) is 14.9 Å². The van der Waals surface area contributed by atoms with Crippen molar-refractivity contribution in [3.63, 3.8) is 0 Å². The fraction of sp³-hybridized carbons (Fsp3) is 0.415. The maximum atomic E-state index is 13.5. The molecule has 2 fully saturated rings. The molecule has 3 aromatic carbocycles. The Balaban J connectivity index is 1.48. The normalized spacial score (nSPS) is 22.7. The maximum absolute atomic E-state index is 13.5. The van der Waals surface area contributed by atoms with Gasteiger partial charge in [0.15, 0.2) is 0 Å². The number of nitrogens with one attached hydrogen (secondary N) is 1. The van der Waals surface area contributed by atoms with E-state index < -0.39 is 5.41 Å². The summed E-state index contributed by atoms with van der Waals surface area (Å²) in [5.74, 6) is 0.805. The van der Waals surface area contributed by atoms with Crippen molar-refractivity contribution < 1.29 is 9.59 Å². The number of hydrogen-bond donors (Lipinski definition) is 2. The first-order chi connectivity index (χ1) is 23.8. The van der Waals surface area contributed by atoms with Crippen molar-refractivity contribution in [2.24, 2.45) is 16.6 Å². The summed E-state index contributed by atoms with van der Waals surface area (Å²) in [5.41, 5.74) is 15.1. The third kappa shape index (κ3) is 6.52. The van der Waals surface area contributed by atoms with Crippen LogP contribution in [0.5, 0.6) is 0 Å². The zero-order valence-electron chi connectivity index (χ0n) is 30.2. The van der Waals surface area contributed by atoms with Gasteiger partial charge in [-0.1, -0.05) is 42.5 Å². The van der Waals surface area contributed by atoms with E-state index in [0.717, 1.165) is 64.0 Å². The van der Waals surface area contributed by atoms with E-state index in [0.29, 0.717) is 30.2 Å². The molecule has 1 saturated carbocycles.